The number of fused-ring (bicyclic) bond motifs is 13. The summed E-state index contributed by atoms with van der Waals surface area (Å²) in [6.07, 6.45) is 0. The minimum absolute atomic E-state index is 0.0112. The van der Waals surface area contributed by atoms with Crippen molar-refractivity contribution in [1.82, 2.24) is 28.7 Å². The Kier molecular flexibility index (Phi) is 12.2. The molecule has 0 saturated carbocycles. The van der Waals surface area contributed by atoms with Gasteiger partial charge in [0.05, 0.1) is 85.8 Å². The Balaban J connectivity index is 1.02. The van der Waals surface area contributed by atoms with Crippen LogP contribution in [0.1, 0.15) is 141 Å². The number of hydrogen-bond acceptors (Lipinski definition) is 5. The molecule has 0 amide bonds. The molecule has 0 saturated heterocycles. The van der Waals surface area contributed by atoms with E-state index in [0.717, 1.165) is 38.5 Å². The van der Waals surface area contributed by atoms with Crippen LogP contribution in [0.25, 0.3) is 150 Å². The van der Waals surface area contributed by atoms with E-state index in [1.54, 1.807) is 12.1 Å². The van der Waals surface area contributed by atoms with Crippen molar-refractivity contribution in [2.75, 3.05) is 9.80 Å². The molecule has 22 rings (SSSR count). The van der Waals surface area contributed by atoms with E-state index in [-0.39, 0.29) is 94.3 Å². The zero-order valence-corrected chi connectivity index (χ0v) is 70.2. The Bertz CT molecular complexity index is 8970. The summed E-state index contributed by atoms with van der Waals surface area (Å²) in [7, 11) is 0. The van der Waals surface area contributed by atoms with Crippen molar-refractivity contribution in [1.29, 1.82) is 0 Å². The third-order valence-corrected chi connectivity index (χ3v) is 24.3. The maximum atomic E-state index is 10.5. The van der Waals surface area contributed by atoms with E-state index in [0.29, 0.717) is 78.1 Å². The minimum Gasteiger partial charge on any atom is -0.310 e. The molecule has 8 nitrogen and oxygen atoms in total. The smallest absolute Gasteiger partial charge is 0.252 e. The summed E-state index contributed by atoms with van der Waals surface area (Å²) in [5.41, 5.74) is 8.39. The topological polar surface area (TPSA) is 59.9 Å². The summed E-state index contributed by atoms with van der Waals surface area (Å²) in [5, 5.41) is 0.888. The maximum Gasteiger partial charge on any atom is 0.252 e. The maximum absolute atomic E-state index is 10.5. The van der Waals surface area contributed by atoms with Crippen LogP contribution in [0.15, 0.2) is 357 Å². The second-order valence-electron chi connectivity index (χ2n) is 36.1. The van der Waals surface area contributed by atoms with Gasteiger partial charge in [0.25, 0.3) is 6.71 Å². The first-order valence-corrected chi connectivity index (χ1v) is 41.5. The van der Waals surface area contributed by atoms with Crippen molar-refractivity contribution in [3.8, 4) is 84.6 Å². The molecule has 0 radical (unpaired) electrons. The zero-order valence-electron chi connectivity index (χ0n) is 96.2. The Morgan fingerprint density at radius 3 is 0.935 bits per heavy atom. The summed E-state index contributed by atoms with van der Waals surface area (Å²) in [4.78, 5) is 19.7. The number of hydrogen-bond donors (Lipinski definition) is 0. The quantitative estimate of drug-likeness (QED) is 0.121. The van der Waals surface area contributed by atoms with Crippen molar-refractivity contribution in [2.45, 2.75) is 105 Å². The number of aromatic nitrogens is 6. The van der Waals surface area contributed by atoms with E-state index < -0.39 is 197 Å². The molecular weight excluding hydrogens is 1500 g/mol. The summed E-state index contributed by atoms with van der Waals surface area (Å²) in [5.74, 6) is -1.52. The molecule has 0 unspecified atom stereocenters. The lowest BCUT2D eigenvalue weighted by molar-refractivity contribution is 0.590. The van der Waals surface area contributed by atoms with Gasteiger partial charge in [-0.05, 0) is 186 Å². The van der Waals surface area contributed by atoms with Crippen LogP contribution in [0.5, 0.6) is 0 Å². The van der Waals surface area contributed by atoms with Crippen molar-refractivity contribution in [2.24, 2.45) is 0 Å². The molecule has 0 bridgehead atoms. The fourth-order valence-corrected chi connectivity index (χ4v) is 18.2. The molecule has 0 atom stereocenters. The predicted molar refractivity (Wildman–Crippen MR) is 524 cm³/mol. The van der Waals surface area contributed by atoms with E-state index in [9.17, 15) is 32.9 Å². The summed E-state index contributed by atoms with van der Waals surface area (Å²) < 4.78 is 257. The Morgan fingerprint density at radius 2 is 0.565 bits per heavy atom. The van der Waals surface area contributed by atoms with Gasteiger partial charge in [-0.3, -0.25) is 0 Å². The molecule has 6 heterocycles. The van der Waals surface area contributed by atoms with Gasteiger partial charge < -0.3 is 23.5 Å². The standard InChI is InChI=1S/C115H95BN8/c1-112(2,3)77-54-60-100-91(62-77)92-63-78(113(4,5)6)55-61-101(92)121(100)82-57-59-95-103(69-82)124(108-90(74-40-22-15-23-41-74)66-80(115(10,11)12)67-93(108)111-118-109(75-42-24-16-25-43-75)117-110(119-111)76-44-26-17-27-45-76)105-71-83(122-98-52-34-30-48-86(98)87-49-31-35-53-99(87)122)70-104-106(105)116(95)94-58-56-81(120-96-50-32-28-46-84(96)85-47-29-33-51-97(85)120)68-102(94)123(104)107-88(72-36-18-13-19-37-72)64-79(114(7,8)9)65-89(107)73-38-20-14-21-39-73/h13-71H,1-12H3/i16D,17D,24D,25D,26D,27D,28D,29D,30D,31D,32D,33D,34D,35D,42D,43D,44D,45D,46D,47D,48D,49D,50D,51D,52D,53D. The van der Waals surface area contributed by atoms with Crippen molar-refractivity contribution in [3.05, 3.63) is 380 Å². The van der Waals surface area contributed by atoms with Crippen LogP contribution in [0, 0.1) is 0 Å². The van der Waals surface area contributed by atoms with Gasteiger partial charge in [0.15, 0.2) is 17.5 Å². The van der Waals surface area contributed by atoms with Crippen molar-refractivity contribution < 1.29 is 35.6 Å². The van der Waals surface area contributed by atoms with Gasteiger partial charge in [-0.1, -0.05) is 331 Å². The van der Waals surface area contributed by atoms with Crippen molar-refractivity contribution in [3.63, 3.8) is 0 Å². The predicted octanol–water partition coefficient (Wildman–Crippen LogP) is 28.4. The van der Waals surface area contributed by atoms with E-state index >= 15 is 0 Å². The number of rotatable bonds is 11. The molecular formula is C115H95BN8. The van der Waals surface area contributed by atoms with Crippen LogP contribution in [0.3, 0.4) is 0 Å². The molecule has 2 aliphatic heterocycles. The first-order valence-electron chi connectivity index (χ1n) is 54.5. The molecule has 0 N–H and O–H groups in total. The molecule has 0 spiro atoms. The van der Waals surface area contributed by atoms with E-state index in [2.05, 4.69) is 126 Å². The van der Waals surface area contributed by atoms with Crippen LogP contribution < -0.4 is 26.2 Å². The lowest BCUT2D eigenvalue weighted by Gasteiger charge is -2.46. The molecule has 0 aliphatic carbocycles. The lowest BCUT2D eigenvalue weighted by atomic mass is 9.33. The van der Waals surface area contributed by atoms with Gasteiger partial charge in [-0.25, -0.2) is 15.0 Å². The monoisotopic (exact) mass is 1620 g/mol. The highest BCUT2D eigenvalue weighted by Gasteiger charge is 2.47. The zero-order chi connectivity index (χ0) is 107. The van der Waals surface area contributed by atoms with Crippen LogP contribution in [0.4, 0.5) is 34.1 Å². The molecule has 0 fully saturated rings. The van der Waals surface area contributed by atoms with Crippen molar-refractivity contribution >= 4 is 123 Å². The molecule has 2 aliphatic rings. The normalized spacial score (nSPS) is 15.9. The second-order valence-corrected chi connectivity index (χ2v) is 36.1. The first kappa shape index (κ1) is 52.7. The third kappa shape index (κ3) is 12.4. The summed E-state index contributed by atoms with van der Waals surface area (Å²) in [6.45, 7) is 24.1. The molecule has 4 aromatic heterocycles. The number of nitrogens with zero attached hydrogens (tertiary/aromatic N) is 8. The average Bonchev–Trinajstić information content (AvgIpc) is 0.762. The van der Waals surface area contributed by atoms with Crippen LogP contribution in [-0.2, 0) is 21.7 Å². The molecule has 16 aromatic carbocycles. The lowest BCUT2D eigenvalue weighted by Crippen LogP contribution is -2.61. The summed E-state index contributed by atoms with van der Waals surface area (Å²) in [6, 6.07) is 46.8. The number of para-hydroxylation sites is 4. The van der Waals surface area contributed by atoms with Gasteiger partial charge in [-0.2, -0.15) is 0 Å². The molecule has 20 aromatic rings. The van der Waals surface area contributed by atoms with Crippen LogP contribution in [-0.4, -0.2) is 35.4 Å². The summed E-state index contributed by atoms with van der Waals surface area (Å²) >= 11 is 0. The van der Waals surface area contributed by atoms with Gasteiger partial charge in [0.2, 0.25) is 0 Å². The fourth-order valence-electron chi connectivity index (χ4n) is 18.2. The van der Waals surface area contributed by atoms with E-state index in [1.807, 2.05) is 159 Å². The van der Waals surface area contributed by atoms with Crippen LogP contribution in [0.2, 0.25) is 0 Å². The SMILES string of the molecule is [2H]c1c([2H])c([2H])c(-c2nc(-c3cc(C(C)(C)C)cc(-c4ccccc4)c3N3c4cc(-n5c6ccc(C(C)(C)C)cc6c6cc(C(C)(C)C)ccc65)ccc4B4c5ccc(-n6c7c([2H])c([2H])c([2H])c([2H])c7c7c([2H])c([2H])c([2H])c([2H])c76)cc5N(c5c(-c6ccccc6)cc(C(C)(C)C)cc5-c5ccccc5)c5cc(-n6c7c([2H])c([2H])c([2H])c([2H])c7c7c([2H])c([2H])c([2H])c([2H])c76)cc3c54)nc(-c3c([2H])c([2H])c([2H])c([2H])c3[2H])n2)c([2H])c1[2H]. The van der Waals surface area contributed by atoms with Gasteiger partial charge in [0, 0.05) is 99.8 Å². The molecule has 124 heavy (non-hydrogen) atoms. The van der Waals surface area contributed by atoms with E-state index in [4.69, 9.17) is 17.7 Å². The van der Waals surface area contributed by atoms with Crippen LogP contribution >= 0.6 is 0 Å². The highest BCUT2D eigenvalue weighted by molar-refractivity contribution is 7.00. The minimum atomic E-state index is -1.12. The second kappa shape index (κ2) is 28.6. The van der Waals surface area contributed by atoms with Gasteiger partial charge >= 0.3 is 0 Å². The molecule has 9 heteroatoms. The van der Waals surface area contributed by atoms with Gasteiger partial charge in [0.1, 0.15) is 0 Å². The number of benzene rings is 16. The fraction of sp³-hybridized carbons (Fsp3) is 0.139. The molecule has 598 valence electrons. The Labute approximate surface area is 762 Å². The highest BCUT2D eigenvalue weighted by atomic mass is 15.2. The van der Waals surface area contributed by atoms with Gasteiger partial charge in [-0.15, -0.1) is 0 Å². The largest absolute Gasteiger partial charge is 0.310 e. The highest BCUT2D eigenvalue weighted by Crippen LogP contribution is 2.56. The number of anilines is 6. The Hall–Kier alpha value is -14.4. The third-order valence-electron chi connectivity index (χ3n) is 24.3. The average molecular weight is 1630 g/mol. The Morgan fingerprint density at radius 1 is 0.250 bits per heavy atom. The van der Waals surface area contributed by atoms with E-state index in [1.165, 1.54) is 9.13 Å². The first-order chi connectivity index (χ1) is 70.8.